The Bertz CT molecular complexity index is 1130. The number of urea groups is 1. The van der Waals surface area contributed by atoms with E-state index in [1.165, 1.54) is 18.7 Å². The SMILES string of the molecule is CC1(C)C(=O)N(c2ccc([N+](=O)[O-])c(C(F)(F)F)c2)C(=O)N1CCCCCCCC[S+]([O-])CCCC(F)(F)C(F)(F)F. The van der Waals surface area contributed by atoms with Crippen LogP contribution in [0.4, 0.5) is 51.3 Å². The molecule has 0 bridgehead atoms. The van der Waals surface area contributed by atoms with Crippen molar-refractivity contribution < 1.29 is 54.2 Å². The lowest BCUT2D eigenvalue weighted by atomic mass is 10.0. The Morgan fingerprint density at radius 3 is 1.98 bits per heavy atom. The Kier molecular flexibility index (Phi) is 11.6. The number of hydrogen-bond donors (Lipinski definition) is 0. The first-order valence-electron chi connectivity index (χ1n) is 13.0. The molecule has 17 heteroatoms. The summed E-state index contributed by atoms with van der Waals surface area (Å²) in [4.78, 5) is 37.6. The van der Waals surface area contributed by atoms with E-state index in [1.807, 2.05) is 0 Å². The molecule has 0 radical (unpaired) electrons. The lowest BCUT2D eigenvalue weighted by Crippen LogP contribution is -2.44. The molecule has 0 aliphatic carbocycles. The van der Waals surface area contributed by atoms with Gasteiger partial charge in [-0.25, -0.2) is 9.69 Å². The normalized spacial score (nSPS) is 16.8. The minimum absolute atomic E-state index is 0.111. The van der Waals surface area contributed by atoms with Crippen molar-refractivity contribution >= 4 is 34.5 Å². The molecule has 8 nitrogen and oxygen atoms in total. The summed E-state index contributed by atoms with van der Waals surface area (Å²) >= 11 is -1.52. The maximum Gasteiger partial charge on any atom is 0.453 e. The number of amides is 3. The van der Waals surface area contributed by atoms with Crippen LogP contribution in [0.5, 0.6) is 0 Å². The molecule has 1 heterocycles. The number of carbonyl (C=O) groups is 2. The highest BCUT2D eigenvalue weighted by molar-refractivity contribution is 7.91. The molecule has 42 heavy (non-hydrogen) atoms. The van der Waals surface area contributed by atoms with Gasteiger partial charge in [-0.3, -0.25) is 14.9 Å². The zero-order valence-electron chi connectivity index (χ0n) is 22.8. The van der Waals surface area contributed by atoms with E-state index in [-0.39, 0.29) is 18.1 Å². The largest absolute Gasteiger partial charge is 0.616 e. The Labute approximate surface area is 239 Å². The van der Waals surface area contributed by atoms with Gasteiger partial charge in [-0.15, -0.1) is 0 Å². The molecule has 1 unspecified atom stereocenters. The molecule has 238 valence electrons. The number of nitro groups is 1. The van der Waals surface area contributed by atoms with Crippen LogP contribution in [0.15, 0.2) is 18.2 Å². The fourth-order valence-electron chi connectivity index (χ4n) is 4.43. The van der Waals surface area contributed by atoms with E-state index >= 15 is 0 Å². The topological polar surface area (TPSA) is 107 Å². The van der Waals surface area contributed by atoms with Gasteiger partial charge < -0.3 is 9.45 Å². The quantitative estimate of drug-likeness (QED) is 0.0504. The molecule has 2 rings (SSSR count). The second kappa shape index (κ2) is 13.7. The van der Waals surface area contributed by atoms with Gasteiger partial charge in [-0.05, 0) is 51.7 Å². The van der Waals surface area contributed by atoms with Crippen LogP contribution < -0.4 is 4.90 Å². The van der Waals surface area contributed by atoms with Crippen LogP contribution in [0.3, 0.4) is 0 Å². The van der Waals surface area contributed by atoms with E-state index in [2.05, 4.69) is 0 Å². The third-order valence-corrected chi connectivity index (χ3v) is 8.33. The first kappa shape index (κ1) is 35.5. The first-order chi connectivity index (χ1) is 19.2. The summed E-state index contributed by atoms with van der Waals surface area (Å²) in [5.74, 6) is -5.67. The highest BCUT2D eigenvalue weighted by atomic mass is 32.2. The van der Waals surface area contributed by atoms with Crippen LogP contribution in [0.2, 0.25) is 0 Å². The van der Waals surface area contributed by atoms with Crippen LogP contribution >= 0.6 is 0 Å². The number of rotatable bonds is 15. The summed E-state index contributed by atoms with van der Waals surface area (Å²) in [5.41, 5.74) is -4.62. The van der Waals surface area contributed by atoms with Crippen molar-refractivity contribution in [2.45, 2.75) is 89.0 Å². The van der Waals surface area contributed by atoms with E-state index in [4.69, 9.17) is 0 Å². The van der Waals surface area contributed by atoms with Gasteiger partial charge in [0.15, 0.2) is 0 Å². The van der Waals surface area contributed by atoms with Crippen LogP contribution in [0, 0.1) is 10.1 Å². The van der Waals surface area contributed by atoms with Crippen LogP contribution in [0.25, 0.3) is 0 Å². The minimum Gasteiger partial charge on any atom is -0.616 e. The molecule has 1 saturated heterocycles. The third kappa shape index (κ3) is 8.67. The molecule has 3 amide bonds. The number of hydrogen-bond acceptors (Lipinski definition) is 5. The summed E-state index contributed by atoms with van der Waals surface area (Å²) in [6.07, 6.45) is -9.11. The lowest BCUT2D eigenvalue weighted by molar-refractivity contribution is -0.388. The van der Waals surface area contributed by atoms with Crippen molar-refractivity contribution in [2.24, 2.45) is 0 Å². The second-order valence-electron chi connectivity index (χ2n) is 10.4. The summed E-state index contributed by atoms with van der Waals surface area (Å²) in [5, 5.41) is 11.0. The van der Waals surface area contributed by atoms with Gasteiger partial charge in [-0.2, -0.15) is 35.1 Å². The van der Waals surface area contributed by atoms with E-state index in [0.29, 0.717) is 55.6 Å². The van der Waals surface area contributed by atoms with Gasteiger partial charge in [0.05, 0.1) is 10.6 Å². The summed E-state index contributed by atoms with van der Waals surface area (Å²) in [7, 11) is 0. The average molecular weight is 638 g/mol. The van der Waals surface area contributed by atoms with E-state index in [1.54, 1.807) is 0 Å². The molecule has 1 aliphatic rings. The fraction of sp³-hybridized carbons (Fsp3) is 0.680. The molecule has 0 aromatic heterocycles. The number of unbranched alkanes of at least 4 members (excludes halogenated alkanes) is 5. The Morgan fingerprint density at radius 2 is 1.43 bits per heavy atom. The minimum atomic E-state index is -5.63. The van der Waals surface area contributed by atoms with Crippen molar-refractivity contribution in [2.75, 3.05) is 23.0 Å². The van der Waals surface area contributed by atoms with Gasteiger partial charge in [-0.1, -0.05) is 30.4 Å². The first-order valence-corrected chi connectivity index (χ1v) is 14.5. The maximum absolute atomic E-state index is 13.4. The molecule has 0 N–H and O–H groups in total. The number of halogens is 8. The lowest BCUT2D eigenvalue weighted by Gasteiger charge is -2.27. The number of anilines is 1. The van der Waals surface area contributed by atoms with Gasteiger partial charge in [0.1, 0.15) is 22.6 Å². The maximum atomic E-state index is 13.4. The third-order valence-electron chi connectivity index (χ3n) is 6.85. The monoisotopic (exact) mass is 637 g/mol. The molecular formula is C25H31F8N3O5S. The van der Waals surface area contributed by atoms with Crippen molar-refractivity contribution in [3.05, 3.63) is 33.9 Å². The standard InChI is InChI=1S/C25H31F8N3O5S/c1-22(2)20(37)35(17-10-11-19(36(39)40)18(16-17)24(28,29)30)21(38)34(22)13-7-5-3-4-6-8-14-42(41)15-9-12-23(26,27)25(31,32)33/h10-11,16H,3-9,12-15H2,1-2H3. The molecule has 1 atom stereocenters. The van der Waals surface area contributed by atoms with Crippen molar-refractivity contribution in [3.8, 4) is 0 Å². The fourth-order valence-corrected chi connectivity index (χ4v) is 5.62. The van der Waals surface area contributed by atoms with Gasteiger partial charge in [0.2, 0.25) is 0 Å². The smallest absolute Gasteiger partial charge is 0.453 e. The van der Waals surface area contributed by atoms with Crippen molar-refractivity contribution in [1.82, 2.24) is 4.90 Å². The van der Waals surface area contributed by atoms with E-state index in [0.717, 1.165) is 6.07 Å². The molecule has 1 aromatic carbocycles. The molecule has 0 spiro atoms. The Hall–Kier alpha value is -2.69. The van der Waals surface area contributed by atoms with Gasteiger partial charge in [0.25, 0.3) is 11.6 Å². The summed E-state index contributed by atoms with van der Waals surface area (Å²) < 4.78 is 114. The molecule has 1 aromatic rings. The molecule has 1 fully saturated rings. The van der Waals surface area contributed by atoms with Gasteiger partial charge >= 0.3 is 24.3 Å². The number of alkyl halides is 8. The number of nitro benzene ring substituents is 1. The van der Waals surface area contributed by atoms with Crippen LogP contribution in [0.1, 0.15) is 70.8 Å². The van der Waals surface area contributed by atoms with Gasteiger partial charge in [0, 0.05) is 19.0 Å². The van der Waals surface area contributed by atoms with E-state index in [9.17, 15) is 59.4 Å². The predicted molar refractivity (Wildman–Crippen MR) is 138 cm³/mol. The Balaban J connectivity index is 1.80. The van der Waals surface area contributed by atoms with Crippen molar-refractivity contribution in [1.29, 1.82) is 0 Å². The number of imide groups is 1. The summed E-state index contributed by atoms with van der Waals surface area (Å²) in [6, 6.07) is 1.05. The van der Waals surface area contributed by atoms with Crippen LogP contribution in [-0.2, 0) is 22.1 Å². The van der Waals surface area contributed by atoms with Crippen molar-refractivity contribution in [3.63, 3.8) is 0 Å². The zero-order valence-corrected chi connectivity index (χ0v) is 23.6. The highest BCUT2D eigenvalue weighted by Crippen LogP contribution is 2.41. The number of carbonyl (C=O) groups excluding carboxylic acids is 2. The predicted octanol–water partition coefficient (Wildman–Crippen LogP) is 7.23. The van der Waals surface area contributed by atoms with Crippen LogP contribution in [-0.4, -0.2) is 62.0 Å². The number of nitrogens with zero attached hydrogens (tertiary/aromatic N) is 3. The molecule has 0 saturated carbocycles. The summed E-state index contributed by atoms with van der Waals surface area (Å²) in [6.45, 7) is 2.99. The molecule has 1 aliphatic heterocycles. The zero-order chi connectivity index (χ0) is 32.1. The second-order valence-corrected chi connectivity index (χ2v) is 12.1. The number of benzene rings is 1. The molecular weight excluding hydrogens is 606 g/mol. The van der Waals surface area contributed by atoms with E-state index < -0.39 is 81.6 Å². The average Bonchev–Trinajstić information content (AvgIpc) is 3.02. The Morgan fingerprint density at radius 1 is 0.881 bits per heavy atom. The highest BCUT2D eigenvalue weighted by Gasteiger charge is 2.56.